The molecule has 3 rings (SSSR count). The van der Waals surface area contributed by atoms with Crippen LogP contribution in [-0.4, -0.2) is 30.0 Å². The minimum atomic E-state index is -0.414. The lowest BCUT2D eigenvalue weighted by molar-refractivity contribution is -0.122. The van der Waals surface area contributed by atoms with Gasteiger partial charge in [0.1, 0.15) is 5.92 Å². The van der Waals surface area contributed by atoms with Gasteiger partial charge in [0.2, 0.25) is 5.91 Å². The summed E-state index contributed by atoms with van der Waals surface area (Å²) < 4.78 is 0. The number of hydrogen-bond acceptors (Lipinski definition) is 3. The van der Waals surface area contributed by atoms with Crippen LogP contribution in [0.5, 0.6) is 0 Å². The van der Waals surface area contributed by atoms with E-state index in [2.05, 4.69) is 15.6 Å². The number of halogens is 2. The largest absolute Gasteiger partial charge is 0.352 e. The molecular weight excluding hydrogens is 345 g/mol. The van der Waals surface area contributed by atoms with Crippen molar-refractivity contribution < 1.29 is 4.79 Å². The second kappa shape index (κ2) is 9.02. The summed E-state index contributed by atoms with van der Waals surface area (Å²) >= 11 is 5.97. The number of nitrogens with zero attached hydrogens (tertiary/aromatic N) is 1. The van der Waals surface area contributed by atoms with Crippen molar-refractivity contribution in [3.05, 3.63) is 64.9 Å². The number of benzene rings is 1. The molecule has 1 amide bonds. The zero-order valence-corrected chi connectivity index (χ0v) is 14.8. The number of hydrogen-bond donors (Lipinski definition) is 2. The van der Waals surface area contributed by atoms with Gasteiger partial charge in [-0.3, -0.25) is 9.78 Å². The zero-order valence-electron chi connectivity index (χ0n) is 13.2. The Bertz CT molecular complexity index is 643. The van der Waals surface area contributed by atoms with Crippen molar-refractivity contribution in [1.29, 1.82) is 0 Å². The first-order valence-electron chi connectivity index (χ1n) is 7.91. The Hall–Kier alpha value is -1.62. The molecule has 0 bridgehead atoms. The Morgan fingerprint density at radius 3 is 2.50 bits per heavy atom. The molecule has 1 aliphatic heterocycles. The Balaban J connectivity index is 0.00000208. The zero-order chi connectivity index (χ0) is 16.1. The van der Waals surface area contributed by atoms with Crippen molar-refractivity contribution in [2.24, 2.45) is 0 Å². The third-order valence-electron chi connectivity index (χ3n) is 4.13. The summed E-state index contributed by atoms with van der Waals surface area (Å²) in [4.78, 5) is 17.3. The lowest BCUT2D eigenvalue weighted by atomic mass is 9.93. The lowest BCUT2D eigenvalue weighted by Crippen LogP contribution is -2.44. The molecule has 1 unspecified atom stereocenters. The Labute approximate surface area is 153 Å². The molecule has 0 aliphatic carbocycles. The lowest BCUT2D eigenvalue weighted by Gasteiger charge is -2.26. The molecule has 1 fully saturated rings. The van der Waals surface area contributed by atoms with E-state index in [1.54, 1.807) is 6.20 Å². The monoisotopic (exact) mass is 365 g/mol. The molecule has 4 nitrogen and oxygen atoms in total. The van der Waals surface area contributed by atoms with E-state index in [9.17, 15) is 4.79 Å². The normalized spacial score (nSPS) is 16.0. The van der Waals surface area contributed by atoms with E-state index in [0.717, 1.165) is 37.2 Å². The van der Waals surface area contributed by atoms with E-state index < -0.39 is 5.92 Å². The molecular formula is C18H21Cl2N3O. The van der Waals surface area contributed by atoms with Crippen molar-refractivity contribution >= 4 is 29.9 Å². The van der Waals surface area contributed by atoms with Crippen LogP contribution in [0.25, 0.3) is 0 Å². The fraction of sp³-hybridized carbons (Fsp3) is 0.333. The van der Waals surface area contributed by atoms with Crippen molar-refractivity contribution in [3.8, 4) is 0 Å². The van der Waals surface area contributed by atoms with Crippen molar-refractivity contribution in [1.82, 2.24) is 15.6 Å². The Morgan fingerprint density at radius 1 is 1.17 bits per heavy atom. The van der Waals surface area contributed by atoms with Gasteiger partial charge >= 0.3 is 0 Å². The summed E-state index contributed by atoms with van der Waals surface area (Å²) in [6.07, 6.45) is 3.64. The van der Waals surface area contributed by atoms with Gasteiger partial charge in [-0.05, 0) is 55.8 Å². The SMILES string of the molecule is Cl.O=C(NC1CCNCC1)C(c1ccc(Cl)cc1)c1ccccn1. The van der Waals surface area contributed by atoms with Crippen molar-refractivity contribution in [2.75, 3.05) is 13.1 Å². The summed E-state index contributed by atoms with van der Waals surface area (Å²) in [6.45, 7) is 1.89. The molecule has 1 aromatic carbocycles. The van der Waals surface area contributed by atoms with Gasteiger partial charge in [0.05, 0.1) is 5.69 Å². The molecule has 2 heterocycles. The minimum Gasteiger partial charge on any atom is -0.352 e. The highest BCUT2D eigenvalue weighted by Crippen LogP contribution is 2.25. The van der Waals surface area contributed by atoms with Crippen LogP contribution in [0.2, 0.25) is 5.02 Å². The first kappa shape index (κ1) is 18.7. The maximum Gasteiger partial charge on any atom is 0.233 e. The van der Waals surface area contributed by atoms with Gasteiger partial charge in [-0.15, -0.1) is 12.4 Å². The quantitative estimate of drug-likeness (QED) is 0.874. The number of rotatable bonds is 4. The number of nitrogens with one attached hydrogen (secondary N) is 2. The van der Waals surface area contributed by atoms with Gasteiger partial charge in [0.25, 0.3) is 0 Å². The van der Waals surface area contributed by atoms with Crippen LogP contribution in [0, 0.1) is 0 Å². The Kier molecular flexibility index (Phi) is 7.03. The highest BCUT2D eigenvalue weighted by atomic mass is 35.5. The highest BCUT2D eigenvalue weighted by molar-refractivity contribution is 6.30. The number of amides is 1. The van der Waals surface area contributed by atoms with E-state index >= 15 is 0 Å². The third-order valence-corrected chi connectivity index (χ3v) is 4.39. The second-order valence-corrected chi connectivity index (χ2v) is 6.21. The van der Waals surface area contributed by atoms with Gasteiger partial charge in [0, 0.05) is 17.3 Å². The van der Waals surface area contributed by atoms with Crippen molar-refractivity contribution in [3.63, 3.8) is 0 Å². The van der Waals surface area contributed by atoms with Gasteiger partial charge in [0.15, 0.2) is 0 Å². The van der Waals surface area contributed by atoms with Crippen LogP contribution < -0.4 is 10.6 Å². The summed E-state index contributed by atoms with van der Waals surface area (Å²) in [6, 6.07) is 13.3. The van der Waals surface area contributed by atoms with Crippen LogP contribution >= 0.6 is 24.0 Å². The molecule has 2 N–H and O–H groups in total. The second-order valence-electron chi connectivity index (χ2n) is 5.77. The molecule has 1 atom stereocenters. The molecule has 6 heteroatoms. The predicted octanol–water partition coefficient (Wildman–Crippen LogP) is 3.16. The van der Waals surface area contributed by atoms with E-state index in [4.69, 9.17) is 11.6 Å². The van der Waals surface area contributed by atoms with Gasteiger partial charge in [-0.25, -0.2) is 0 Å². The summed E-state index contributed by atoms with van der Waals surface area (Å²) in [7, 11) is 0. The predicted molar refractivity (Wildman–Crippen MR) is 98.8 cm³/mol. The standard InChI is InChI=1S/C18H20ClN3O.ClH/c19-14-6-4-13(5-7-14)17(16-3-1-2-10-21-16)18(23)22-15-8-11-20-12-9-15;/h1-7,10,15,17,20H,8-9,11-12H2,(H,22,23);1H. The topological polar surface area (TPSA) is 54.0 Å². The molecule has 0 radical (unpaired) electrons. The first-order valence-corrected chi connectivity index (χ1v) is 8.29. The highest BCUT2D eigenvalue weighted by Gasteiger charge is 2.26. The van der Waals surface area contributed by atoms with Crippen LogP contribution in [-0.2, 0) is 4.79 Å². The molecule has 2 aromatic rings. The van der Waals surface area contributed by atoms with E-state index in [1.807, 2.05) is 42.5 Å². The summed E-state index contributed by atoms with van der Waals surface area (Å²) in [5.74, 6) is -0.415. The molecule has 0 saturated carbocycles. The molecule has 1 saturated heterocycles. The third kappa shape index (κ3) is 4.69. The van der Waals surface area contributed by atoms with Gasteiger partial charge in [-0.1, -0.05) is 29.8 Å². The molecule has 24 heavy (non-hydrogen) atoms. The number of piperidine rings is 1. The fourth-order valence-corrected chi connectivity index (χ4v) is 3.04. The average molecular weight is 366 g/mol. The molecule has 1 aromatic heterocycles. The maximum atomic E-state index is 12.9. The van der Waals surface area contributed by atoms with Gasteiger partial charge < -0.3 is 10.6 Å². The smallest absolute Gasteiger partial charge is 0.233 e. The van der Waals surface area contributed by atoms with E-state index in [-0.39, 0.29) is 24.4 Å². The number of aromatic nitrogens is 1. The van der Waals surface area contributed by atoms with Crippen LogP contribution in [0.1, 0.15) is 30.0 Å². The number of carbonyl (C=O) groups is 1. The Morgan fingerprint density at radius 2 is 1.88 bits per heavy atom. The van der Waals surface area contributed by atoms with Crippen LogP contribution in [0.4, 0.5) is 0 Å². The van der Waals surface area contributed by atoms with Gasteiger partial charge in [-0.2, -0.15) is 0 Å². The first-order chi connectivity index (χ1) is 11.2. The van der Waals surface area contributed by atoms with Crippen LogP contribution in [0.3, 0.4) is 0 Å². The fourth-order valence-electron chi connectivity index (χ4n) is 2.91. The minimum absolute atomic E-state index is 0. The maximum absolute atomic E-state index is 12.9. The summed E-state index contributed by atoms with van der Waals surface area (Å²) in [5.41, 5.74) is 1.65. The molecule has 0 spiro atoms. The van der Waals surface area contributed by atoms with E-state index in [0.29, 0.717) is 5.02 Å². The average Bonchev–Trinajstić information content (AvgIpc) is 2.59. The molecule has 1 aliphatic rings. The number of pyridine rings is 1. The van der Waals surface area contributed by atoms with Crippen molar-refractivity contribution in [2.45, 2.75) is 24.8 Å². The number of carbonyl (C=O) groups excluding carboxylic acids is 1. The van der Waals surface area contributed by atoms with E-state index in [1.165, 1.54) is 0 Å². The summed E-state index contributed by atoms with van der Waals surface area (Å²) in [5, 5.41) is 7.15. The van der Waals surface area contributed by atoms with Crippen LogP contribution in [0.15, 0.2) is 48.7 Å². The molecule has 128 valence electrons.